The number of benzene rings is 1. The van der Waals surface area contributed by atoms with Gasteiger partial charge in [0.15, 0.2) is 0 Å². The van der Waals surface area contributed by atoms with E-state index in [-0.39, 0.29) is 11.3 Å². The van der Waals surface area contributed by atoms with Crippen LogP contribution in [-0.2, 0) is 26.0 Å². The van der Waals surface area contributed by atoms with Gasteiger partial charge in [0.25, 0.3) is 0 Å². The van der Waals surface area contributed by atoms with Gasteiger partial charge in [-0.25, -0.2) is 13.1 Å². The summed E-state index contributed by atoms with van der Waals surface area (Å²) in [6.07, 6.45) is -1.83. The van der Waals surface area contributed by atoms with Gasteiger partial charge in [-0.1, -0.05) is 12.1 Å². The van der Waals surface area contributed by atoms with Crippen LogP contribution in [-0.4, -0.2) is 43.2 Å². The maximum absolute atomic E-state index is 11.8. The zero-order valence-electron chi connectivity index (χ0n) is 10.3. The Kier molecular flexibility index (Phi) is 5.19. The predicted octanol–water partition coefficient (Wildman–Crippen LogP) is -1.56. The summed E-state index contributed by atoms with van der Waals surface area (Å²) < 4.78 is 25.6. The van der Waals surface area contributed by atoms with E-state index in [1.54, 1.807) is 0 Å². The van der Waals surface area contributed by atoms with E-state index < -0.39 is 34.5 Å². The fourth-order valence-electron chi connectivity index (χ4n) is 1.33. The molecule has 8 nitrogen and oxygen atoms in total. The van der Waals surface area contributed by atoms with Crippen LogP contribution in [0.1, 0.15) is 5.56 Å². The van der Waals surface area contributed by atoms with E-state index in [0.29, 0.717) is 5.56 Å². The Morgan fingerprint density at radius 3 is 2.25 bits per heavy atom. The summed E-state index contributed by atoms with van der Waals surface area (Å²) in [7, 11) is -3.90. The number of primary amides is 1. The number of rotatable bonds is 7. The van der Waals surface area contributed by atoms with Crippen molar-refractivity contribution in [2.75, 3.05) is 6.54 Å². The van der Waals surface area contributed by atoms with Crippen molar-refractivity contribution in [2.45, 2.75) is 17.4 Å². The number of nitrogens with two attached hydrogens (primary N) is 1. The van der Waals surface area contributed by atoms with Gasteiger partial charge in [-0.3, -0.25) is 9.59 Å². The smallest absolute Gasteiger partial charge is 0.307 e. The molecule has 0 heterocycles. The third kappa shape index (κ3) is 4.61. The molecule has 0 aromatic heterocycles. The Hall–Kier alpha value is -1.97. The van der Waals surface area contributed by atoms with Crippen molar-refractivity contribution < 1.29 is 28.2 Å². The quantitative estimate of drug-likeness (QED) is 0.479. The zero-order chi connectivity index (χ0) is 15.3. The van der Waals surface area contributed by atoms with Crippen LogP contribution >= 0.6 is 0 Å². The lowest BCUT2D eigenvalue weighted by Gasteiger charge is -2.09. The predicted molar refractivity (Wildman–Crippen MR) is 68.2 cm³/mol. The van der Waals surface area contributed by atoms with Crippen LogP contribution in [0.2, 0.25) is 0 Å². The van der Waals surface area contributed by atoms with Crippen molar-refractivity contribution in [1.82, 2.24) is 4.72 Å². The second-order valence-electron chi connectivity index (χ2n) is 3.98. The summed E-state index contributed by atoms with van der Waals surface area (Å²) in [6.45, 7) is -0.533. The molecule has 0 aliphatic carbocycles. The molecule has 5 N–H and O–H groups in total. The number of carboxylic acid groups (broad SMARTS) is 1. The topological polar surface area (TPSA) is 147 Å². The molecule has 1 unspecified atom stereocenters. The Labute approximate surface area is 115 Å². The monoisotopic (exact) mass is 302 g/mol. The number of carboxylic acids is 1. The molecule has 1 atom stereocenters. The second kappa shape index (κ2) is 6.46. The lowest BCUT2D eigenvalue weighted by molar-refractivity contribution is -0.136. The lowest BCUT2D eigenvalue weighted by atomic mass is 10.2. The third-order valence-electron chi connectivity index (χ3n) is 2.38. The van der Waals surface area contributed by atoms with Gasteiger partial charge in [-0.2, -0.15) is 0 Å². The zero-order valence-corrected chi connectivity index (χ0v) is 11.1. The van der Waals surface area contributed by atoms with Crippen LogP contribution in [0.3, 0.4) is 0 Å². The number of aliphatic hydroxyl groups is 1. The molecule has 0 saturated heterocycles. The molecular formula is C11H14N2O6S. The Balaban J connectivity index is 2.77. The number of aliphatic hydroxyl groups excluding tert-OH is 1. The highest BCUT2D eigenvalue weighted by Crippen LogP contribution is 2.11. The second-order valence-corrected chi connectivity index (χ2v) is 5.75. The van der Waals surface area contributed by atoms with Crippen LogP contribution in [0.15, 0.2) is 29.2 Å². The molecule has 0 fully saturated rings. The van der Waals surface area contributed by atoms with E-state index in [1.807, 2.05) is 4.72 Å². The van der Waals surface area contributed by atoms with E-state index in [9.17, 15) is 18.0 Å². The number of carbonyl (C=O) groups excluding carboxylic acids is 1. The van der Waals surface area contributed by atoms with Crippen molar-refractivity contribution in [2.24, 2.45) is 5.73 Å². The summed E-state index contributed by atoms with van der Waals surface area (Å²) in [5, 5.41) is 17.7. The molecule has 0 bridgehead atoms. The van der Waals surface area contributed by atoms with Gasteiger partial charge in [-0.15, -0.1) is 0 Å². The largest absolute Gasteiger partial charge is 0.481 e. The van der Waals surface area contributed by atoms with E-state index in [0.717, 1.165) is 0 Å². The fraction of sp³-hybridized carbons (Fsp3) is 0.273. The minimum absolute atomic E-state index is 0.108. The van der Waals surface area contributed by atoms with Crippen LogP contribution in [0.25, 0.3) is 0 Å². The molecule has 1 aromatic rings. The molecule has 0 radical (unpaired) electrons. The van der Waals surface area contributed by atoms with Gasteiger partial charge in [0.1, 0.15) is 6.10 Å². The maximum atomic E-state index is 11.8. The number of hydrogen-bond acceptors (Lipinski definition) is 5. The highest BCUT2D eigenvalue weighted by molar-refractivity contribution is 7.89. The van der Waals surface area contributed by atoms with Gasteiger partial charge in [0.05, 0.1) is 11.3 Å². The van der Waals surface area contributed by atoms with Crippen molar-refractivity contribution >= 4 is 21.9 Å². The molecule has 0 aliphatic heterocycles. The summed E-state index contributed by atoms with van der Waals surface area (Å²) in [6, 6.07) is 5.20. The first kappa shape index (κ1) is 16.1. The average Bonchev–Trinajstić information content (AvgIpc) is 2.35. The number of aliphatic carboxylic acids is 1. The molecule has 0 saturated carbocycles. The van der Waals surface area contributed by atoms with Gasteiger partial charge in [0.2, 0.25) is 15.9 Å². The van der Waals surface area contributed by atoms with E-state index in [1.165, 1.54) is 24.3 Å². The highest BCUT2D eigenvalue weighted by Gasteiger charge is 2.18. The standard InChI is InChI=1S/C11H14N2O6S/c12-11(17)9(14)6-13-20(18,19)8-3-1-7(2-4-8)5-10(15)16/h1-4,9,13-14H,5-6H2,(H2,12,17)(H,15,16). The number of amides is 1. The van der Waals surface area contributed by atoms with E-state index in [2.05, 4.69) is 0 Å². The van der Waals surface area contributed by atoms with Gasteiger partial charge >= 0.3 is 5.97 Å². The molecule has 1 aromatic carbocycles. The van der Waals surface area contributed by atoms with E-state index in [4.69, 9.17) is 15.9 Å². The molecule has 20 heavy (non-hydrogen) atoms. The molecule has 1 rings (SSSR count). The fourth-order valence-corrected chi connectivity index (χ4v) is 2.37. The summed E-state index contributed by atoms with van der Waals surface area (Å²) in [5.74, 6) is -2.06. The van der Waals surface area contributed by atoms with Crippen molar-refractivity contribution in [3.8, 4) is 0 Å². The number of carbonyl (C=O) groups is 2. The molecule has 0 aliphatic rings. The summed E-state index contributed by atoms with van der Waals surface area (Å²) in [4.78, 5) is 21.0. The van der Waals surface area contributed by atoms with Crippen LogP contribution < -0.4 is 10.5 Å². The highest BCUT2D eigenvalue weighted by atomic mass is 32.2. The average molecular weight is 302 g/mol. The van der Waals surface area contributed by atoms with Gasteiger partial charge < -0.3 is 15.9 Å². The molecule has 110 valence electrons. The molecular weight excluding hydrogens is 288 g/mol. The van der Waals surface area contributed by atoms with Crippen LogP contribution in [0.5, 0.6) is 0 Å². The number of sulfonamides is 1. The summed E-state index contributed by atoms with van der Waals surface area (Å²) in [5.41, 5.74) is 5.24. The normalized spacial score (nSPS) is 12.8. The first-order chi connectivity index (χ1) is 9.22. The van der Waals surface area contributed by atoms with Crippen LogP contribution in [0, 0.1) is 0 Å². The minimum Gasteiger partial charge on any atom is -0.481 e. The van der Waals surface area contributed by atoms with Gasteiger partial charge in [-0.05, 0) is 17.7 Å². The SMILES string of the molecule is NC(=O)C(O)CNS(=O)(=O)c1ccc(CC(=O)O)cc1. The Bertz CT molecular complexity index is 596. The number of hydrogen-bond donors (Lipinski definition) is 4. The van der Waals surface area contributed by atoms with Gasteiger partial charge in [0, 0.05) is 6.54 Å². The van der Waals surface area contributed by atoms with Crippen molar-refractivity contribution in [3.05, 3.63) is 29.8 Å². The van der Waals surface area contributed by atoms with Crippen LogP contribution in [0.4, 0.5) is 0 Å². The first-order valence-electron chi connectivity index (χ1n) is 5.50. The lowest BCUT2D eigenvalue weighted by Crippen LogP contribution is -2.39. The Morgan fingerprint density at radius 2 is 1.80 bits per heavy atom. The van der Waals surface area contributed by atoms with E-state index >= 15 is 0 Å². The molecule has 9 heteroatoms. The maximum Gasteiger partial charge on any atom is 0.307 e. The third-order valence-corrected chi connectivity index (χ3v) is 3.82. The summed E-state index contributed by atoms with van der Waals surface area (Å²) >= 11 is 0. The van der Waals surface area contributed by atoms with Crippen molar-refractivity contribution in [3.63, 3.8) is 0 Å². The first-order valence-corrected chi connectivity index (χ1v) is 6.98. The van der Waals surface area contributed by atoms with Crippen molar-refractivity contribution in [1.29, 1.82) is 0 Å². The molecule has 1 amide bonds. The number of nitrogens with one attached hydrogen (secondary N) is 1. The molecule has 0 spiro atoms. The minimum atomic E-state index is -3.90. The Morgan fingerprint density at radius 1 is 1.25 bits per heavy atom.